The molecule has 0 fully saturated rings. The highest BCUT2D eigenvalue weighted by molar-refractivity contribution is 6.16. The Hall–Kier alpha value is -6.42. The van der Waals surface area contributed by atoms with Crippen molar-refractivity contribution in [1.82, 2.24) is 0 Å². The lowest BCUT2D eigenvalue weighted by Gasteiger charge is -2.27. The number of para-hydroxylation sites is 1. The van der Waals surface area contributed by atoms with E-state index in [4.69, 9.17) is 6.57 Å². The third kappa shape index (κ3) is 5.96. The highest BCUT2D eigenvalue weighted by Gasteiger charge is 2.17. The second-order valence-electron chi connectivity index (χ2n) is 11.9. The molecule has 0 bridgehead atoms. The first-order chi connectivity index (χ1) is 23.6. The SMILES string of the molecule is C.CCC.[C-]#[N+]c1c2ccccc2c(C#N)c2ccc(-c3ccc4cc(N(c5ccccc5)c5cccc6ccccc56)ccc4c3)cc12. The molecule has 3 heteroatoms. The van der Waals surface area contributed by atoms with Gasteiger partial charge in [-0.15, -0.1) is 0 Å². The second-order valence-corrected chi connectivity index (χ2v) is 11.9. The molecule has 0 radical (unpaired) electrons. The maximum atomic E-state index is 10.0. The second kappa shape index (κ2) is 14.1. The molecule has 0 spiro atoms. The fourth-order valence-electron chi connectivity index (χ4n) is 6.54. The molecular weight excluding hydrogens is 595 g/mol. The molecular formula is C46H37N3. The normalized spacial score (nSPS) is 10.5. The van der Waals surface area contributed by atoms with E-state index in [0.717, 1.165) is 60.5 Å². The Labute approximate surface area is 288 Å². The third-order valence-electron chi connectivity index (χ3n) is 8.66. The van der Waals surface area contributed by atoms with Gasteiger partial charge in [-0.25, -0.2) is 4.85 Å². The molecule has 8 aromatic rings. The van der Waals surface area contributed by atoms with Gasteiger partial charge in [0.05, 0.1) is 17.8 Å². The summed E-state index contributed by atoms with van der Waals surface area (Å²) in [5.74, 6) is 0. The van der Waals surface area contributed by atoms with Gasteiger partial charge in [-0.3, -0.25) is 0 Å². The molecule has 0 aliphatic carbocycles. The zero-order valence-corrected chi connectivity index (χ0v) is 27.0. The van der Waals surface area contributed by atoms with Gasteiger partial charge in [0.1, 0.15) is 6.07 Å². The van der Waals surface area contributed by atoms with E-state index in [0.29, 0.717) is 11.3 Å². The van der Waals surface area contributed by atoms with Crippen LogP contribution < -0.4 is 4.90 Å². The van der Waals surface area contributed by atoms with E-state index in [-0.39, 0.29) is 7.43 Å². The molecule has 49 heavy (non-hydrogen) atoms. The van der Waals surface area contributed by atoms with Gasteiger partial charge < -0.3 is 4.90 Å². The summed E-state index contributed by atoms with van der Waals surface area (Å²) in [5, 5.41) is 17.9. The smallest absolute Gasteiger partial charge is 0.202 e. The van der Waals surface area contributed by atoms with Crippen LogP contribution >= 0.6 is 0 Å². The standard InChI is InChI=1S/C42H25N3.C3H8.CH4/c1-44-42-38-16-8-7-15-36(38)40(27-43)37-23-21-32(26-39(37)42)29-18-19-31-25-34(22-20-30(31)24-29)45(33-12-3-2-4-13-33)41-17-9-11-28-10-5-6-14-35(28)41;1-3-2;/h2-26H;3H2,1-2H3;1H4. The summed E-state index contributed by atoms with van der Waals surface area (Å²) in [5.41, 5.74) is 6.59. The summed E-state index contributed by atoms with van der Waals surface area (Å²) < 4.78 is 0. The van der Waals surface area contributed by atoms with E-state index in [9.17, 15) is 5.26 Å². The van der Waals surface area contributed by atoms with Crippen molar-refractivity contribution in [2.45, 2.75) is 27.7 Å². The van der Waals surface area contributed by atoms with E-state index < -0.39 is 0 Å². The highest BCUT2D eigenvalue weighted by Crippen LogP contribution is 2.42. The van der Waals surface area contributed by atoms with Crippen molar-refractivity contribution in [2.24, 2.45) is 0 Å². The molecule has 0 N–H and O–H groups in total. The van der Waals surface area contributed by atoms with Crippen molar-refractivity contribution in [1.29, 1.82) is 5.26 Å². The molecule has 0 aliphatic rings. The molecule has 0 amide bonds. The number of anilines is 3. The first kappa shape index (κ1) is 32.5. The van der Waals surface area contributed by atoms with Gasteiger partial charge in [0.15, 0.2) is 0 Å². The number of hydrogen-bond acceptors (Lipinski definition) is 2. The van der Waals surface area contributed by atoms with Gasteiger partial charge >= 0.3 is 0 Å². The minimum atomic E-state index is 0. The molecule has 0 heterocycles. The van der Waals surface area contributed by atoms with Crippen LogP contribution in [0.2, 0.25) is 0 Å². The fourth-order valence-corrected chi connectivity index (χ4v) is 6.54. The summed E-state index contributed by atoms with van der Waals surface area (Å²) in [6, 6.07) is 54.7. The molecule has 8 rings (SSSR count). The number of nitrogens with zero attached hydrogens (tertiary/aromatic N) is 3. The van der Waals surface area contributed by atoms with Crippen molar-refractivity contribution in [2.75, 3.05) is 4.90 Å². The highest BCUT2D eigenvalue weighted by atomic mass is 15.1. The number of rotatable bonds is 4. The lowest BCUT2D eigenvalue weighted by atomic mass is 9.92. The van der Waals surface area contributed by atoms with Crippen molar-refractivity contribution < 1.29 is 0 Å². The Kier molecular flexibility index (Phi) is 9.39. The van der Waals surface area contributed by atoms with Crippen LogP contribution in [0.1, 0.15) is 33.3 Å². The van der Waals surface area contributed by atoms with Crippen LogP contribution in [0.15, 0.2) is 152 Å². The van der Waals surface area contributed by atoms with E-state index in [1.54, 1.807) is 0 Å². The molecule has 0 atom stereocenters. The Morgan fingerprint density at radius 1 is 0.551 bits per heavy atom. The average molecular weight is 632 g/mol. The number of nitriles is 1. The maximum absolute atomic E-state index is 10.0. The molecule has 0 saturated heterocycles. The predicted octanol–water partition coefficient (Wildman–Crippen LogP) is 13.9. The molecule has 0 unspecified atom stereocenters. The van der Waals surface area contributed by atoms with E-state index in [1.165, 1.54) is 17.2 Å². The van der Waals surface area contributed by atoms with Crippen molar-refractivity contribution in [3.05, 3.63) is 169 Å². The zero-order valence-electron chi connectivity index (χ0n) is 27.0. The monoisotopic (exact) mass is 631 g/mol. The zero-order chi connectivity index (χ0) is 33.0. The number of benzene rings is 8. The predicted molar refractivity (Wildman–Crippen MR) is 210 cm³/mol. The quantitative estimate of drug-likeness (QED) is 0.143. The maximum Gasteiger partial charge on any atom is 0.202 e. The van der Waals surface area contributed by atoms with Crippen molar-refractivity contribution in [3.8, 4) is 17.2 Å². The largest absolute Gasteiger partial charge is 0.310 e. The first-order valence-corrected chi connectivity index (χ1v) is 16.3. The minimum Gasteiger partial charge on any atom is -0.310 e. The number of hydrogen-bond donors (Lipinski definition) is 0. The summed E-state index contributed by atoms with van der Waals surface area (Å²) in [7, 11) is 0. The molecule has 0 aliphatic heterocycles. The average Bonchev–Trinajstić information content (AvgIpc) is 3.14. The lowest BCUT2D eigenvalue weighted by Crippen LogP contribution is -2.10. The van der Waals surface area contributed by atoms with Crippen LogP contribution in [0, 0.1) is 17.9 Å². The Balaban J connectivity index is 0.00000101. The van der Waals surface area contributed by atoms with Crippen LogP contribution in [0.25, 0.3) is 59.1 Å². The van der Waals surface area contributed by atoms with Gasteiger partial charge in [0, 0.05) is 16.8 Å². The van der Waals surface area contributed by atoms with E-state index >= 15 is 0 Å². The number of fused-ring (bicyclic) bond motifs is 4. The molecule has 236 valence electrons. The summed E-state index contributed by atoms with van der Waals surface area (Å²) in [4.78, 5) is 6.24. The molecule has 0 saturated carbocycles. The van der Waals surface area contributed by atoms with Gasteiger partial charge in [-0.2, -0.15) is 5.26 Å². The summed E-state index contributed by atoms with van der Waals surface area (Å²) in [6.45, 7) is 12.2. The van der Waals surface area contributed by atoms with Crippen LogP contribution in [0.4, 0.5) is 22.7 Å². The Bertz CT molecular complexity index is 2530. The van der Waals surface area contributed by atoms with Crippen molar-refractivity contribution in [3.63, 3.8) is 0 Å². The summed E-state index contributed by atoms with van der Waals surface area (Å²) >= 11 is 0. The van der Waals surface area contributed by atoms with Crippen molar-refractivity contribution >= 4 is 65.8 Å². The van der Waals surface area contributed by atoms with E-state index in [2.05, 4.69) is 145 Å². The van der Waals surface area contributed by atoms with Crippen LogP contribution in [0.5, 0.6) is 0 Å². The van der Waals surface area contributed by atoms with E-state index in [1.807, 2.05) is 36.4 Å². The first-order valence-electron chi connectivity index (χ1n) is 16.3. The van der Waals surface area contributed by atoms with Gasteiger partial charge in [-0.05, 0) is 85.2 Å². The topological polar surface area (TPSA) is 31.4 Å². The molecule has 0 aromatic heterocycles. The van der Waals surface area contributed by atoms with Crippen LogP contribution in [-0.2, 0) is 0 Å². The van der Waals surface area contributed by atoms with Crippen LogP contribution in [0.3, 0.4) is 0 Å². The molecule has 3 nitrogen and oxygen atoms in total. The third-order valence-corrected chi connectivity index (χ3v) is 8.66. The Morgan fingerprint density at radius 3 is 1.90 bits per heavy atom. The van der Waals surface area contributed by atoms with Crippen LogP contribution in [-0.4, -0.2) is 0 Å². The van der Waals surface area contributed by atoms with Gasteiger partial charge in [-0.1, -0.05) is 143 Å². The molecule has 8 aromatic carbocycles. The summed E-state index contributed by atoms with van der Waals surface area (Å²) in [6.07, 6.45) is 1.25. The van der Waals surface area contributed by atoms with Gasteiger partial charge in [0.25, 0.3) is 0 Å². The van der Waals surface area contributed by atoms with Gasteiger partial charge in [0.2, 0.25) is 5.69 Å². The minimum absolute atomic E-state index is 0. The Morgan fingerprint density at radius 2 is 1.14 bits per heavy atom. The fraction of sp³-hybridized carbons (Fsp3) is 0.0870. The lowest BCUT2D eigenvalue weighted by molar-refractivity contribution is 1.09.